The molecule has 2 aromatic carbocycles. The number of piperidine rings is 1. The molecule has 0 atom stereocenters. The third-order valence-corrected chi connectivity index (χ3v) is 5.43. The van der Waals surface area contributed by atoms with Crippen LogP contribution in [0.5, 0.6) is 11.5 Å². The molecule has 29 heavy (non-hydrogen) atoms. The molecule has 0 radical (unpaired) electrons. The summed E-state index contributed by atoms with van der Waals surface area (Å²) in [5.74, 6) is 0.749. The van der Waals surface area contributed by atoms with Gasteiger partial charge >= 0.3 is 0 Å². The zero-order valence-corrected chi connectivity index (χ0v) is 17.5. The maximum atomic E-state index is 13.1. The first-order chi connectivity index (χ1) is 13.9. The second kappa shape index (κ2) is 8.99. The predicted molar refractivity (Wildman–Crippen MR) is 113 cm³/mol. The number of aryl methyl sites for hydroxylation is 2. The minimum atomic E-state index is -0.132. The van der Waals surface area contributed by atoms with E-state index in [1.807, 2.05) is 26.0 Å². The van der Waals surface area contributed by atoms with E-state index in [4.69, 9.17) is 9.47 Å². The lowest BCUT2D eigenvalue weighted by Gasteiger charge is -2.32. The summed E-state index contributed by atoms with van der Waals surface area (Å²) in [5, 5.41) is 3.04. The highest BCUT2D eigenvalue weighted by Gasteiger charge is 2.30. The predicted octanol–water partition coefficient (Wildman–Crippen LogP) is 3.81. The monoisotopic (exact) mass is 396 g/mol. The minimum Gasteiger partial charge on any atom is -0.496 e. The molecule has 0 aliphatic carbocycles. The Labute approximate surface area is 171 Å². The Morgan fingerprint density at radius 1 is 1.00 bits per heavy atom. The Morgan fingerprint density at radius 3 is 2.17 bits per heavy atom. The molecule has 1 aliphatic rings. The molecule has 0 spiro atoms. The highest BCUT2D eigenvalue weighted by molar-refractivity contribution is 6.00. The SMILES string of the molecule is COc1cccc(OC)c1C(=O)N1CCC(C(=O)Nc2ccc(C)cc2C)CC1. The first-order valence-electron chi connectivity index (χ1n) is 9.83. The van der Waals surface area contributed by atoms with Crippen LogP contribution >= 0.6 is 0 Å². The molecule has 0 unspecified atom stereocenters. The summed E-state index contributed by atoms with van der Waals surface area (Å²) in [5.41, 5.74) is 3.49. The zero-order valence-electron chi connectivity index (χ0n) is 17.5. The number of carbonyl (C=O) groups is 2. The second-order valence-electron chi connectivity index (χ2n) is 7.41. The van der Waals surface area contributed by atoms with Crippen LogP contribution in [0.4, 0.5) is 5.69 Å². The molecule has 2 amide bonds. The number of hydrogen-bond acceptors (Lipinski definition) is 4. The number of carbonyl (C=O) groups excluding carboxylic acids is 2. The van der Waals surface area contributed by atoms with Crippen LogP contribution in [0, 0.1) is 19.8 Å². The van der Waals surface area contributed by atoms with Crippen LogP contribution in [0.15, 0.2) is 36.4 Å². The summed E-state index contributed by atoms with van der Waals surface area (Å²) in [6.45, 7) is 5.06. The van der Waals surface area contributed by atoms with Crippen molar-refractivity contribution in [2.75, 3.05) is 32.6 Å². The molecule has 154 valence electrons. The van der Waals surface area contributed by atoms with Gasteiger partial charge in [0, 0.05) is 24.7 Å². The molecule has 0 bridgehead atoms. The van der Waals surface area contributed by atoms with Crippen molar-refractivity contribution in [2.24, 2.45) is 5.92 Å². The molecule has 6 heteroatoms. The van der Waals surface area contributed by atoms with Crippen molar-refractivity contribution in [3.8, 4) is 11.5 Å². The highest BCUT2D eigenvalue weighted by Crippen LogP contribution is 2.31. The average molecular weight is 396 g/mol. The Kier molecular flexibility index (Phi) is 6.42. The van der Waals surface area contributed by atoms with Crippen molar-refractivity contribution in [3.05, 3.63) is 53.1 Å². The van der Waals surface area contributed by atoms with Crippen LogP contribution in [-0.2, 0) is 4.79 Å². The minimum absolute atomic E-state index is 0.0129. The Bertz CT molecular complexity index is 879. The number of nitrogens with one attached hydrogen (secondary N) is 1. The number of likely N-dealkylation sites (tertiary alicyclic amines) is 1. The standard InChI is InChI=1S/C23H28N2O4/c1-15-8-9-18(16(2)14-15)24-22(26)17-10-12-25(13-11-17)23(27)21-19(28-3)6-5-7-20(21)29-4/h5-9,14,17H,10-13H2,1-4H3,(H,24,26). The Hall–Kier alpha value is -3.02. The molecule has 2 aromatic rings. The third kappa shape index (κ3) is 4.53. The van der Waals surface area contributed by atoms with Gasteiger partial charge in [-0.3, -0.25) is 9.59 Å². The van der Waals surface area contributed by atoms with Crippen molar-refractivity contribution in [1.82, 2.24) is 4.90 Å². The molecular weight excluding hydrogens is 368 g/mol. The summed E-state index contributed by atoms with van der Waals surface area (Å²) in [4.78, 5) is 27.5. The van der Waals surface area contributed by atoms with Gasteiger partial charge in [-0.25, -0.2) is 0 Å². The first kappa shape index (κ1) is 20.7. The largest absolute Gasteiger partial charge is 0.496 e. The molecule has 1 saturated heterocycles. The first-order valence-corrected chi connectivity index (χ1v) is 9.83. The normalized spacial score (nSPS) is 14.4. The fourth-order valence-corrected chi connectivity index (χ4v) is 3.75. The van der Waals surface area contributed by atoms with E-state index in [1.54, 1.807) is 23.1 Å². The number of benzene rings is 2. The topological polar surface area (TPSA) is 67.9 Å². The molecular formula is C23H28N2O4. The zero-order chi connectivity index (χ0) is 21.0. The van der Waals surface area contributed by atoms with Crippen molar-refractivity contribution < 1.29 is 19.1 Å². The quantitative estimate of drug-likeness (QED) is 0.834. The van der Waals surface area contributed by atoms with E-state index in [9.17, 15) is 9.59 Å². The van der Waals surface area contributed by atoms with E-state index in [2.05, 4.69) is 11.4 Å². The number of methoxy groups -OCH3 is 2. The number of hydrogen-bond donors (Lipinski definition) is 1. The van der Waals surface area contributed by atoms with Crippen LogP contribution in [0.2, 0.25) is 0 Å². The lowest BCUT2D eigenvalue weighted by atomic mass is 9.95. The second-order valence-corrected chi connectivity index (χ2v) is 7.41. The van der Waals surface area contributed by atoms with Gasteiger partial charge in [0.2, 0.25) is 5.91 Å². The van der Waals surface area contributed by atoms with E-state index >= 15 is 0 Å². The van der Waals surface area contributed by atoms with Crippen LogP contribution in [0.3, 0.4) is 0 Å². The molecule has 1 heterocycles. The lowest BCUT2D eigenvalue weighted by Crippen LogP contribution is -2.41. The van der Waals surface area contributed by atoms with Gasteiger partial charge in [-0.15, -0.1) is 0 Å². The number of rotatable bonds is 5. The summed E-state index contributed by atoms with van der Waals surface area (Å²) < 4.78 is 10.7. The van der Waals surface area contributed by atoms with E-state index in [-0.39, 0.29) is 17.7 Å². The summed E-state index contributed by atoms with van der Waals surface area (Å²) in [6, 6.07) is 11.3. The van der Waals surface area contributed by atoms with E-state index < -0.39 is 0 Å². The van der Waals surface area contributed by atoms with Gasteiger partial charge in [-0.2, -0.15) is 0 Å². The van der Waals surface area contributed by atoms with Gasteiger partial charge in [-0.1, -0.05) is 23.8 Å². The van der Waals surface area contributed by atoms with Gasteiger partial charge in [0.1, 0.15) is 17.1 Å². The number of nitrogens with zero attached hydrogens (tertiary/aromatic N) is 1. The van der Waals surface area contributed by atoms with Crippen LogP contribution in [-0.4, -0.2) is 44.0 Å². The number of amides is 2. The van der Waals surface area contributed by atoms with Gasteiger partial charge < -0.3 is 19.7 Å². The molecule has 6 nitrogen and oxygen atoms in total. The molecule has 1 N–H and O–H groups in total. The van der Waals surface area contributed by atoms with Gasteiger partial charge in [0.25, 0.3) is 5.91 Å². The van der Waals surface area contributed by atoms with Crippen LogP contribution in [0.25, 0.3) is 0 Å². The average Bonchev–Trinajstić information content (AvgIpc) is 2.74. The number of ether oxygens (including phenoxy) is 2. The van der Waals surface area contributed by atoms with Crippen LogP contribution in [0.1, 0.15) is 34.3 Å². The number of anilines is 1. The maximum Gasteiger partial charge on any atom is 0.261 e. The van der Waals surface area contributed by atoms with E-state index in [0.29, 0.717) is 43.0 Å². The lowest BCUT2D eigenvalue weighted by molar-refractivity contribution is -0.121. The Morgan fingerprint density at radius 2 is 1.62 bits per heavy atom. The molecule has 0 aromatic heterocycles. The highest BCUT2D eigenvalue weighted by atomic mass is 16.5. The van der Waals surface area contributed by atoms with Gasteiger partial charge in [0.15, 0.2) is 0 Å². The fraction of sp³-hybridized carbons (Fsp3) is 0.391. The summed E-state index contributed by atoms with van der Waals surface area (Å²) in [6.07, 6.45) is 1.25. The molecule has 0 saturated carbocycles. The molecule has 1 aliphatic heterocycles. The maximum absolute atomic E-state index is 13.1. The van der Waals surface area contributed by atoms with Crippen molar-refractivity contribution in [1.29, 1.82) is 0 Å². The smallest absolute Gasteiger partial charge is 0.261 e. The van der Waals surface area contributed by atoms with Gasteiger partial charge in [0.05, 0.1) is 14.2 Å². The fourth-order valence-electron chi connectivity index (χ4n) is 3.75. The summed E-state index contributed by atoms with van der Waals surface area (Å²) in [7, 11) is 3.07. The Balaban J connectivity index is 1.65. The van der Waals surface area contributed by atoms with E-state index in [0.717, 1.165) is 11.3 Å². The van der Waals surface area contributed by atoms with E-state index in [1.165, 1.54) is 19.8 Å². The summed E-state index contributed by atoms with van der Waals surface area (Å²) >= 11 is 0. The van der Waals surface area contributed by atoms with Crippen molar-refractivity contribution in [3.63, 3.8) is 0 Å². The van der Waals surface area contributed by atoms with Gasteiger partial charge in [-0.05, 0) is 50.5 Å². The molecule has 1 fully saturated rings. The van der Waals surface area contributed by atoms with Crippen molar-refractivity contribution in [2.45, 2.75) is 26.7 Å². The van der Waals surface area contributed by atoms with Crippen LogP contribution < -0.4 is 14.8 Å². The third-order valence-electron chi connectivity index (χ3n) is 5.43. The molecule has 3 rings (SSSR count). The van der Waals surface area contributed by atoms with Crippen molar-refractivity contribution >= 4 is 17.5 Å².